The molecule has 3 rings (SSSR count). The quantitative estimate of drug-likeness (QED) is 0.801. The molecule has 0 radical (unpaired) electrons. The number of rotatable bonds is 6. The van der Waals surface area contributed by atoms with Crippen molar-refractivity contribution in [1.29, 1.82) is 0 Å². The summed E-state index contributed by atoms with van der Waals surface area (Å²) >= 11 is 0. The second kappa shape index (κ2) is 7.34. The Kier molecular flexibility index (Phi) is 5.16. The molecule has 0 amide bonds. The Balaban J connectivity index is 1.65. The maximum absolute atomic E-state index is 12.4. The van der Waals surface area contributed by atoms with Gasteiger partial charge in [-0.15, -0.1) is 0 Å². The fraction of sp³-hybridized carbons (Fsp3) is 0.375. The highest BCUT2D eigenvalue weighted by Crippen LogP contribution is 2.21. The van der Waals surface area contributed by atoms with E-state index in [-0.39, 0.29) is 23.0 Å². The summed E-state index contributed by atoms with van der Waals surface area (Å²) in [6.07, 6.45) is 4.49. The van der Waals surface area contributed by atoms with Crippen LogP contribution >= 0.6 is 0 Å². The minimum Gasteiger partial charge on any atom is -0.478 e. The van der Waals surface area contributed by atoms with Crippen LogP contribution in [0.25, 0.3) is 0 Å². The van der Waals surface area contributed by atoms with Gasteiger partial charge in [0.2, 0.25) is 10.0 Å². The van der Waals surface area contributed by atoms with Crippen LogP contribution < -0.4 is 4.72 Å². The monoisotopic (exact) mass is 365 g/mol. The molecule has 0 saturated carbocycles. The molecule has 8 nitrogen and oxygen atoms in total. The molecule has 1 fully saturated rings. The molecule has 9 heteroatoms. The Morgan fingerprint density at radius 1 is 1.28 bits per heavy atom. The van der Waals surface area contributed by atoms with Crippen molar-refractivity contribution in [3.05, 3.63) is 47.8 Å². The summed E-state index contributed by atoms with van der Waals surface area (Å²) in [4.78, 5) is 10.9. The van der Waals surface area contributed by atoms with Crippen LogP contribution in [-0.2, 0) is 21.3 Å². The highest BCUT2D eigenvalue weighted by Gasteiger charge is 2.21. The third kappa shape index (κ3) is 4.25. The molecule has 0 atom stereocenters. The summed E-state index contributed by atoms with van der Waals surface area (Å²) in [6.45, 7) is 1.37. The molecule has 0 bridgehead atoms. The second-order valence-corrected chi connectivity index (χ2v) is 7.59. The van der Waals surface area contributed by atoms with Crippen LogP contribution in [0.1, 0.15) is 34.8 Å². The van der Waals surface area contributed by atoms with Crippen molar-refractivity contribution in [2.75, 3.05) is 13.2 Å². The molecule has 2 N–H and O–H groups in total. The Hall–Kier alpha value is -2.23. The number of nitrogens with one attached hydrogen (secondary N) is 1. The van der Waals surface area contributed by atoms with Crippen molar-refractivity contribution in [3.63, 3.8) is 0 Å². The molecule has 0 unspecified atom stereocenters. The first-order valence-corrected chi connectivity index (χ1v) is 9.38. The van der Waals surface area contributed by atoms with Gasteiger partial charge in [0.1, 0.15) is 4.90 Å². The third-order valence-corrected chi connectivity index (χ3v) is 5.48. The number of hydrogen-bond donors (Lipinski definition) is 2. The van der Waals surface area contributed by atoms with Gasteiger partial charge in [-0.25, -0.2) is 17.9 Å². The van der Waals surface area contributed by atoms with Crippen LogP contribution in [0.15, 0.2) is 41.6 Å². The van der Waals surface area contributed by atoms with E-state index in [4.69, 9.17) is 9.84 Å². The molecular formula is C16H19N3O5S. The van der Waals surface area contributed by atoms with Crippen LogP contribution in [0.5, 0.6) is 0 Å². The predicted molar refractivity (Wildman–Crippen MR) is 88.7 cm³/mol. The Morgan fingerprint density at radius 2 is 1.96 bits per heavy atom. The van der Waals surface area contributed by atoms with Crippen LogP contribution in [-0.4, -0.2) is 42.5 Å². The van der Waals surface area contributed by atoms with Gasteiger partial charge in [-0.05, 0) is 30.5 Å². The van der Waals surface area contributed by atoms with Gasteiger partial charge in [0.05, 0.1) is 17.8 Å². The number of carbonyl (C=O) groups is 1. The van der Waals surface area contributed by atoms with E-state index in [1.54, 1.807) is 16.8 Å². The van der Waals surface area contributed by atoms with E-state index in [2.05, 4.69) is 9.82 Å². The largest absolute Gasteiger partial charge is 0.478 e. The lowest BCUT2D eigenvalue weighted by atomic mass is 10.1. The summed E-state index contributed by atoms with van der Waals surface area (Å²) < 4.78 is 34.3. The number of ether oxygens (including phenoxy) is 1. The Labute approximate surface area is 145 Å². The SMILES string of the molecule is O=C(O)c1ccc(CNS(=O)(=O)c2cnn(C3CCOCC3)c2)cc1. The van der Waals surface area contributed by atoms with Gasteiger partial charge in [-0.3, -0.25) is 4.68 Å². The first-order valence-electron chi connectivity index (χ1n) is 7.89. The molecule has 0 aliphatic carbocycles. The third-order valence-electron chi connectivity index (χ3n) is 4.12. The lowest BCUT2D eigenvalue weighted by molar-refractivity contribution is 0.0661. The molecular weight excluding hydrogens is 346 g/mol. The van der Waals surface area contributed by atoms with E-state index >= 15 is 0 Å². The normalized spacial score (nSPS) is 16.0. The van der Waals surface area contributed by atoms with Crippen molar-refractivity contribution in [1.82, 2.24) is 14.5 Å². The van der Waals surface area contributed by atoms with Crippen molar-refractivity contribution >= 4 is 16.0 Å². The van der Waals surface area contributed by atoms with E-state index in [0.29, 0.717) is 18.8 Å². The number of hydrogen-bond acceptors (Lipinski definition) is 5. The maximum atomic E-state index is 12.4. The molecule has 1 aliphatic rings. The molecule has 25 heavy (non-hydrogen) atoms. The van der Waals surface area contributed by atoms with E-state index in [1.807, 2.05) is 0 Å². The van der Waals surface area contributed by atoms with Gasteiger partial charge in [0.15, 0.2) is 0 Å². The minimum absolute atomic E-state index is 0.0741. The fourth-order valence-corrected chi connectivity index (χ4v) is 3.59. The van der Waals surface area contributed by atoms with Crippen molar-refractivity contribution in [2.45, 2.75) is 30.3 Å². The number of benzene rings is 1. The number of carboxylic acid groups (broad SMARTS) is 1. The van der Waals surface area contributed by atoms with Crippen molar-refractivity contribution < 1.29 is 23.1 Å². The standard InChI is InChI=1S/C16H19N3O5S/c20-16(21)13-3-1-12(2-4-13)9-18-25(22,23)15-10-17-19(11-15)14-5-7-24-8-6-14/h1-4,10-11,14,18H,5-9H2,(H,20,21). The van der Waals surface area contributed by atoms with Crippen LogP contribution in [0.4, 0.5) is 0 Å². The zero-order valence-corrected chi connectivity index (χ0v) is 14.3. The summed E-state index contributed by atoms with van der Waals surface area (Å²) in [5, 5.41) is 13.0. The zero-order valence-electron chi connectivity index (χ0n) is 13.5. The van der Waals surface area contributed by atoms with Gasteiger partial charge in [-0.2, -0.15) is 5.10 Å². The zero-order chi connectivity index (χ0) is 17.9. The second-order valence-electron chi connectivity index (χ2n) is 5.83. The van der Waals surface area contributed by atoms with Gasteiger partial charge in [-0.1, -0.05) is 12.1 Å². The lowest BCUT2D eigenvalue weighted by Crippen LogP contribution is -2.23. The first-order chi connectivity index (χ1) is 12.0. The molecule has 0 spiro atoms. The molecule has 1 saturated heterocycles. The van der Waals surface area contributed by atoms with Gasteiger partial charge in [0.25, 0.3) is 0 Å². The minimum atomic E-state index is -3.68. The number of carboxylic acids is 1. The maximum Gasteiger partial charge on any atom is 0.335 e. The fourth-order valence-electron chi connectivity index (χ4n) is 2.64. The van der Waals surface area contributed by atoms with E-state index < -0.39 is 16.0 Å². The highest BCUT2D eigenvalue weighted by molar-refractivity contribution is 7.89. The first kappa shape index (κ1) is 17.6. The molecule has 1 aromatic carbocycles. The number of nitrogens with zero attached hydrogens (tertiary/aromatic N) is 2. The van der Waals surface area contributed by atoms with E-state index in [9.17, 15) is 13.2 Å². The highest BCUT2D eigenvalue weighted by atomic mass is 32.2. The van der Waals surface area contributed by atoms with E-state index in [0.717, 1.165) is 12.8 Å². The smallest absolute Gasteiger partial charge is 0.335 e. The van der Waals surface area contributed by atoms with Crippen LogP contribution in [0.2, 0.25) is 0 Å². The van der Waals surface area contributed by atoms with Crippen LogP contribution in [0, 0.1) is 0 Å². The molecule has 134 valence electrons. The molecule has 1 aromatic heterocycles. The topological polar surface area (TPSA) is 111 Å². The van der Waals surface area contributed by atoms with Crippen molar-refractivity contribution in [3.8, 4) is 0 Å². The van der Waals surface area contributed by atoms with Gasteiger partial charge < -0.3 is 9.84 Å². The predicted octanol–water partition coefficient (Wildman–Crippen LogP) is 1.41. The summed E-state index contributed by atoms with van der Waals surface area (Å²) in [5.74, 6) is -1.02. The Bertz CT molecular complexity index is 839. The number of aromatic nitrogens is 2. The van der Waals surface area contributed by atoms with Crippen molar-refractivity contribution in [2.24, 2.45) is 0 Å². The molecule has 2 aromatic rings. The molecule has 1 aliphatic heterocycles. The Morgan fingerprint density at radius 3 is 2.60 bits per heavy atom. The average Bonchev–Trinajstić information content (AvgIpc) is 3.12. The average molecular weight is 365 g/mol. The lowest BCUT2D eigenvalue weighted by Gasteiger charge is -2.22. The van der Waals surface area contributed by atoms with Gasteiger partial charge >= 0.3 is 5.97 Å². The number of sulfonamides is 1. The summed E-state index contributed by atoms with van der Waals surface area (Å²) in [7, 11) is -3.68. The summed E-state index contributed by atoms with van der Waals surface area (Å²) in [6, 6.07) is 6.19. The summed E-state index contributed by atoms with van der Waals surface area (Å²) in [5.41, 5.74) is 0.828. The molecule has 2 heterocycles. The van der Waals surface area contributed by atoms with Gasteiger partial charge in [0, 0.05) is 26.0 Å². The number of aromatic carboxylic acids is 1. The van der Waals surface area contributed by atoms with Crippen LogP contribution in [0.3, 0.4) is 0 Å². The van der Waals surface area contributed by atoms with E-state index in [1.165, 1.54) is 24.5 Å².